The largest absolute Gasteiger partial charge is 0.493 e. The van der Waals surface area contributed by atoms with Gasteiger partial charge in [-0.15, -0.1) is 11.3 Å². The average Bonchev–Trinajstić information content (AvgIpc) is 3.49. The highest BCUT2D eigenvalue weighted by atomic mass is 32.1. The van der Waals surface area contributed by atoms with E-state index >= 15 is 0 Å². The van der Waals surface area contributed by atoms with E-state index in [2.05, 4.69) is 4.98 Å². The van der Waals surface area contributed by atoms with Crippen molar-refractivity contribution in [1.82, 2.24) is 9.88 Å². The van der Waals surface area contributed by atoms with Gasteiger partial charge in [0.1, 0.15) is 6.61 Å². The molecule has 0 N–H and O–H groups in total. The van der Waals surface area contributed by atoms with E-state index in [9.17, 15) is 4.79 Å². The predicted molar refractivity (Wildman–Crippen MR) is 118 cm³/mol. The molecule has 0 bridgehead atoms. The van der Waals surface area contributed by atoms with Crippen molar-refractivity contribution >= 4 is 23.3 Å². The fraction of sp³-hybridized carbons (Fsp3) is 0.250. The molecule has 5 nitrogen and oxygen atoms in total. The molecule has 0 atom stereocenters. The third-order valence-corrected chi connectivity index (χ3v) is 5.77. The molecular weight excluding hydrogens is 396 g/mol. The monoisotopic (exact) mass is 420 g/mol. The summed E-state index contributed by atoms with van der Waals surface area (Å²) in [4.78, 5) is 19.9. The molecule has 1 fully saturated rings. The zero-order chi connectivity index (χ0) is 20.8. The minimum atomic E-state index is 0.0426. The number of aromatic nitrogens is 1. The van der Waals surface area contributed by atoms with Gasteiger partial charge in [-0.3, -0.25) is 9.78 Å². The molecule has 1 amide bonds. The normalized spacial score (nSPS) is 13.4. The number of benzene rings is 1. The Kier molecular flexibility index (Phi) is 6.44. The molecule has 2 heterocycles. The Morgan fingerprint density at radius 2 is 2.00 bits per heavy atom. The molecule has 1 saturated carbocycles. The van der Waals surface area contributed by atoms with Crippen molar-refractivity contribution in [2.24, 2.45) is 0 Å². The van der Waals surface area contributed by atoms with Gasteiger partial charge in [-0.2, -0.15) is 0 Å². The van der Waals surface area contributed by atoms with Crippen molar-refractivity contribution in [3.63, 3.8) is 0 Å². The molecule has 1 aliphatic carbocycles. The number of carbonyl (C=O) groups is 1. The highest BCUT2D eigenvalue weighted by Gasteiger charge is 2.31. The van der Waals surface area contributed by atoms with Gasteiger partial charge in [0, 0.05) is 35.9 Å². The zero-order valence-electron chi connectivity index (χ0n) is 16.9. The van der Waals surface area contributed by atoms with Crippen molar-refractivity contribution in [3.05, 3.63) is 82.3 Å². The van der Waals surface area contributed by atoms with Crippen LogP contribution in [-0.2, 0) is 17.9 Å². The summed E-state index contributed by atoms with van der Waals surface area (Å²) in [6, 6.07) is 14.0. The van der Waals surface area contributed by atoms with Crippen molar-refractivity contribution in [3.8, 4) is 11.5 Å². The Bertz CT molecular complexity index is 999. The summed E-state index contributed by atoms with van der Waals surface area (Å²) >= 11 is 1.62. The van der Waals surface area contributed by atoms with E-state index in [4.69, 9.17) is 9.47 Å². The SMILES string of the molecule is COc1ccc(CN(C(=O)/C=C/c2cccs2)C2CC2)cc1OCc1ccncc1. The van der Waals surface area contributed by atoms with Gasteiger partial charge in [0.15, 0.2) is 11.5 Å². The maximum Gasteiger partial charge on any atom is 0.247 e. The number of hydrogen-bond acceptors (Lipinski definition) is 5. The van der Waals surface area contributed by atoms with Crippen LogP contribution in [0, 0.1) is 0 Å². The van der Waals surface area contributed by atoms with Gasteiger partial charge in [0.05, 0.1) is 7.11 Å². The van der Waals surface area contributed by atoms with Crippen LogP contribution in [-0.4, -0.2) is 28.9 Å². The van der Waals surface area contributed by atoms with E-state index in [1.54, 1.807) is 36.9 Å². The number of methoxy groups -OCH3 is 1. The third kappa shape index (κ3) is 5.27. The number of thiophene rings is 1. The summed E-state index contributed by atoms with van der Waals surface area (Å²) in [6.45, 7) is 0.977. The Labute approximate surface area is 180 Å². The molecule has 2 aromatic heterocycles. The van der Waals surface area contributed by atoms with Crippen molar-refractivity contribution in [2.45, 2.75) is 32.0 Å². The second kappa shape index (κ2) is 9.59. The van der Waals surface area contributed by atoms with E-state index in [-0.39, 0.29) is 5.91 Å². The first-order valence-corrected chi connectivity index (χ1v) is 10.8. The van der Waals surface area contributed by atoms with E-state index in [1.165, 1.54) is 0 Å². The summed E-state index contributed by atoms with van der Waals surface area (Å²) in [5.41, 5.74) is 2.05. The van der Waals surface area contributed by atoms with Gasteiger partial charge in [-0.05, 0) is 65.8 Å². The summed E-state index contributed by atoms with van der Waals surface area (Å²) in [7, 11) is 1.63. The van der Waals surface area contributed by atoms with Gasteiger partial charge in [-0.1, -0.05) is 12.1 Å². The third-order valence-electron chi connectivity index (χ3n) is 4.93. The topological polar surface area (TPSA) is 51.7 Å². The molecule has 6 heteroatoms. The number of amides is 1. The first kappa shape index (κ1) is 20.2. The van der Waals surface area contributed by atoms with Crippen LogP contribution in [0.15, 0.2) is 66.3 Å². The van der Waals surface area contributed by atoms with Crippen molar-refractivity contribution < 1.29 is 14.3 Å². The van der Waals surface area contributed by atoms with Crippen LogP contribution in [0.25, 0.3) is 6.08 Å². The minimum absolute atomic E-state index is 0.0426. The molecule has 3 aromatic rings. The van der Waals surface area contributed by atoms with E-state index < -0.39 is 0 Å². The number of nitrogens with zero attached hydrogens (tertiary/aromatic N) is 2. The highest BCUT2D eigenvalue weighted by Crippen LogP contribution is 2.32. The second-order valence-corrected chi connectivity index (χ2v) is 8.15. The lowest BCUT2D eigenvalue weighted by molar-refractivity contribution is -0.127. The van der Waals surface area contributed by atoms with Crippen molar-refractivity contribution in [2.75, 3.05) is 7.11 Å². The first-order chi connectivity index (χ1) is 14.7. The van der Waals surface area contributed by atoms with Crippen LogP contribution in [0.3, 0.4) is 0 Å². The van der Waals surface area contributed by atoms with E-state index in [1.807, 2.05) is 58.8 Å². The molecule has 0 unspecified atom stereocenters. The second-order valence-electron chi connectivity index (χ2n) is 7.18. The molecule has 4 rings (SSSR count). The summed E-state index contributed by atoms with van der Waals surface area (Å²) in [6.07, 6.45) is 9.17. The van der Waals surface area contributed by atoms with Gasteiger partial charge < -0.3 is 14.4 Å². The summed E-state index contributed by atoms with van der Waals surface area (Å²) in [5.74, 6) is 1.39. The summed E-state index contributed by atoms with van der Waals surface area (Å²) in [5, 5.41) is 2.01. The lowest BCUT2D eigenvalue weighted by Crippen LogP contribution is -2.31. The van der Waals surface area contributed by atoms with Gasteiger partial charge >= 0.3 is 0 Å². The van der Waals surface area contributed by atoms with Crippen molar-refractivity contribution in [1.29, 1.82) is 0 Å². The zero-order valence-corrected chi connectivity index (χ0v) is 17.7. The minimum Gasteiger partial charge on any atom is -0.493 e. The van der Waals surface area contributed by atoms with Gasteiger partial charge in [0.2, 0.25) is 5.91 Å². The Morgan fingerprint density at radius 3 is 2.70 bits per heavy atom. The van der Waals surface area contributed by atoms with Crippen LogP contribution in [0.1, 0.15) is 28.8 Å². The lowest BCUT2D eigenvalue weighted by atomic mass is 10.1. The number of rotatable bonds is 9. The van der Waals surface area contributed by atoms with Gasteiger partial charge in [0.25, 0.3) is 0 Å². The molecular formula is C24H24N2O3S. The van der Waals surface area contributed by atoms with Crippen LogP contribution < -0.4 is 9.47 Å². The fourth-order valence-electron chi connectivity index (χ4n) is 3.18. The molecule has 154 valence electrons. The molecule has 1 aromatic carbocycles. The highest BCUT2D eigenvalue weighted by molar-refractivity contribution is 7.10. The van der Waals surface area contributed by atoms with Gasteiger partial charge in [-0.25, -0.2) is 0 Å². The van der Waals surface area contributed by atoms with E-state index in [0.29, 0.717) is 30.7 Å². The number of hydrogen-bond donors (Lipinski definition) is 0. The standard InChI is InChI=1S/C24H24N2O3S/c1-28-22-8-4-19(15-23(22)29-17-18-10-12-25-13-11-18)16-26(20-5-6-20)24(27)9-7-21-3-2-14-30-21/h2-4,7-15,20H,5-6,16-17H2,1H3/b9-7+. The first-order valence-electron chi connectivity index (χ1n) is 9.94. The Hall–Kier alpha value is -3.12. The lowest BCUT2D eigenvalue weighted by Gasteiger charge is -2.22. The van der Waals surface area contributed by atoms with Crippen LogP contribution in [0.5, 0.6) is 11.5 Å². The summed E-state index contributed by atoms with van der Waals surface area (Å²) < 4.78 is 11.5. The Balaban J connectivity index is 1.47. The molecule has 0 radical (unpaired) electrons. The maximum absolute atomic E-state index is 12.8. The molecule has 0 saturated heterocycles. The molecule has 0 aliphatic heterocycles. The Morgan fingerprint density at radius 1 is 1.17 bits per heavy atom. The average molecular weight is 421 g/mol. The maximum atomic E-state index is 12.8. The fourth-order valence-corrected chi connectivity index (χ4v) is 3.80. The number of ether oxygens (including phenoxy) is 2. The quantitative estimate of drug-likeness (QED) is 0.460. The smallest absolute Gasteiger partial charge is 0.247 e. The molecule has 0 spiro atoms. The van der Waals surface area contributed by atoms with E-state index in [0.717, 1.165) is 28.8 Å². The number of pyridine rings is 1. The van der Waals surface area contributed by atoms with Crippen LogP contribution in [0.2, 0.25) is 0 Å². The van der Waals surface area contributed by atoms with Crippen LogP contribution in [0.4, 0.5) is 0 Å². The molecule has 30 heavy (non-hydrogen) atoms. The predicted octanol–water partition coefficient (Wildman–Crippen LogP) is 4.94. The van der Waals surface area contributed by atoms with Crippen LogP contribution >= 0.6 is 11.3 Å². The molecule has 1 aliphatic rings. The number of carbonyl (C=O) groups excluding carboxylic acids is 1.